The third-order valence-corrected chi connectivity index (χ3v) is 6.45. The smallest absolute Gasteiger partial charge is 0.255 e. The lowest BCUT2D eigenvalue weighted by molar-refractivity contribution is 0.403. The molecular weight excluding hydrogens is 406 g/mol. The zero-order chi connectivity index (χ0) is 21.4. The van der Waals surface area contributed by atoms with E-state index in [2.05, 4.69) is 105 Å². The van der Waals surface area contributed by atoms with Crippen molar-refractivity contribution in [3.63, 3.8) is 0 Å². The Morgan fingerprint density at radius 2 is 1.71 bits per heavy atom. The van der Waals surface area contributed by atoms with E-state index < -0.39 is 0 Å². The lowest BCUT2D eigenvalue weighted by Crippen LogP contribution is -2.30. The quantitative estimate of drug-likeness (QED) is 0.504. The van der Waals surface area contributed by atoms with Crippen LogP contribution in [0.3, 0.4) is 0 Å². The maximum Gasteiger partial charge on any atom is 0.255 e. The summed E-state index contributed by atoms with van der Waals surface area (Å²) in [5.74, 6) is 0.506. The van der Waals surface area contributed by atoms with Gasteiger partial charge in [0.15, 0.2) is 5.69 Å². The number of benzene rings is 2. The zero-order valence-electron chi connectivity index (χ0n) is 17.7. The van der Waals surface area contributed by atoms with Gasteiger partial charge < -0.3 is 9.64 Å². The van der Waals surface area contributed by atoms with Crippen molar-refractivity contribution in [2.75, 3.05) is 26.1 Å². The van der Waals surface area contributed by atoms with Gasteiger partial charge in [0.25, 0.3) is 5.88 Å². The van der Waals surface area contributed by atoms with Crippen molar-refractivity contribution in [1.82, 2.24) is 18.9 Å². The maximum atomic E-state index is 5.37. The summed E-state index contributed by atoms with van der Waals surface area (Å²) in [7, 11) is 5.72. The topological polar surface area (TPSA) is 66.9 Å². The van der Waals surface area contributed by atoms with Gasteiger partial charge in [-0.15, -0.1) is 4.37 Å². The SMILES string of the molecule is COc1nsnc1-c1n[nH]c2c1C=CC(c1ccccc1)(c1ccc(N(C)C)cc1)C2. The van der Waals surface area contributed by atoms with Crippen molar-refractivity contribution in [2.45, 2.75) is 11.8 Å². The highest BCUT2D eigenvalue weighted by molar-refractivity contribution is 6.99. The van der Waals surface area contributed by atoms with E-state index >= 15 is 0 Å². The van der Waals surface area contributed by atoms with E-state index in [1.807, 2.05) is 0 Å². The fraction of sp³-hybridized carbons (Fsp3) is 0.208. The molecule has 0 fully saturated rings. The molecule has 0 aliphatic heterocycles. The molecule has 0 saturated carbocycles. The van der Waals surface area contributed by atoms with E-state index in [9.17, 15) is 0 Å². The number of H-pyrrole nitrogens is 1. The maximum absolute atomic E-state index is 5.37. The molecule has 0 bridgehead atoms. The van der Waals surface area contributed by atoms with E-state index in [4.69, 9.17) is 4.74 Å². The number of hydrogen-bond acceptors (Lipinski definition) is 6. The van der Waals surface area contributed by atoms with Gasteiger partial charge in [0.1, 0.15) is 5.69 Å². The normalized spacial score (nSPS) is 17.4. The number of hydrogen-bond donors (Lipinski definition) is 1. The Bertz CT molecular complexity index is 1230. The number of aromatic amines is 1. The highest BCUT2D eigenvalue weighted by atomic mass is 32.1. The first kappa shape index (κ1) is 19.5. The number of allylic oxidation sites excluding steroid dienone is 1. The van der Waals surface area contributed by atoms with Crippen molar-refractivity contribution >= 4 is 23.5 Å². The summed E-state index contributed by atoms with van der Waals surface area (Å²) < 4.78 is 14.0. The number of nitrogens with one attached hydrogen (secondary N) is 1. The summed E-state index contributed by atoms with van der Waals surface area (Å²) in [6, 6.07) is 19.4. The number of fused-ring (bicyclic) bond motifs is 1. The first-order valence-electron chi connectivity index (χ1n) is 10.1. The minimum atomic E-state index is -0.284. The molecule has 0 amide bonds. The van der Waals surface area contributed by atoms with Crippen LogP contribution in [0.4, 0.5) is 5.69 Å². The fourth-order valence-electron chi connectivity index (χ4n) is 4.26. The van der Waals surface area contributed by atoms with Crippen molar-refractivity contribution in [3.05, 3.63) is 83.1 Å². The van der Waals surface area contributed by atoms with Crippen molar-refractivity contribution in [1.29, 1.82) is 0 Å². The third kappa shape index (κ3) is 3.21. The average molecular weight is 430 g/mol. The molecule has 1 atom stereocenters. The first-order chi connectivity index (χ1) is 15.1. The molecular formula is C24H23N5OS. The van der Waals surface area contributed by atoms with Gasteiger partial charge >= 0.3 is 0 Å². The predicted octanol–water partition coefficient (Wildman–Crippen LogP) is 4.56. The summed E-state index contributed by atoms with van der Waals surface area (Å²) in [6.07, 6.45) is 5.22. The standard InChI is InChI=1S/C24H23N5OS/c1-29(2)18-11-9-17(10-12-18)24(16-7-5-4-6-8-16)14-13-19-20(15-24)25-26-21(19)22-23(30-3)28-31-27-22/h4-14H,15H2,1-3H3,(H,25,26). The van der Waals surface area contributed by atoms with Crippen molar-refractivity contribution in [3.8, 4) is 17.3 Å². The molecule has 0 spiro atoms. The van der Waals surface area contributed by atoms with Crippen LogP contribution in [0, 0.1) is 0 Å². The Morgan fingerprint density at radius 3 is 2.42 bits per heavy atom. The molecule has 1 N–H and O–H groups in total. The predicted molar refractivity (Wildman–Crippen MR) is 125 cm³/mol. The average Bonchev–Trinajstić information content (AvgIpc) is 3.45. The molecule has 1 aliphatic rings. The molecule has 1 aliphatic carbocycles. The van der Waals surface area contributed by atoms with Gasteiger partial charge in [-0.3, -0.25) is 5.10 Å². The number of aromatic nitrogens is 4. The minimum absolute atomic E-state index is 0.284. The van der Waals surface area contributed by atoms with Crippen molar-refractivity contribution < 1.29 is 4.74 Å². The molecule has 0 saturated heterocycles. The van der Waals surface area contributed by atoms with Crippen LogP contribution >= 0.6 is 11.7 Å². The molecule has 2 aromatic heterocycles. The number of anilines is 1. The van der Waals surface area contributed by atoms with E-state index in [0.29, 0.717) is 11.6 Å². The summed E-state index contributed by atoms with van der Waals surface area (Å²) >= 11 is 1.13. The molecule has 31 heavy (non-hydrogen) atoms. The van der Waals surface area contributed by atoms with Gasteiger partial charge in [-0.25, -0.2) is 0 Å². The Balaban J connectivity index is 1.62. The lowest BCUT2D eigenvalue weighted by atomic mass is 9.68. The van der Waals surface area contributed by atoms with E-state index in [0.717, 1.165) is 35.1 Å². The first-order valence-corrected chi connectivity index (χ1v) is 10.8. The highest BCUT2D eigenvalue weighted by Gasteiger charge is 2.37. The van der Waals surface area contributed by atoms with Gasteiger partial charge in [0, 0.05) is 42.9 Å². The molecule has 4 aromatic rings. The Morgan fingerprint density at radius 1 is 0.968 bits per heavy atom. The lowest BCUT2D eigenvalue weighted by Gasteiger charge is -2.34. The minimum Gasteiger partial charge on any atom is -0.479 e. The van der Waals surface area contributed by atoms with Gasteiger partial charge in [-0.05, 0) is 23.3 Å². The van der Waals surface area contributed by atoms with Crippen LogP contribution < -0.4 is 9.64 Å². The summed E-state index contributed by atoms with van der Waals surface area (Å²) in [5, 5.41) is 7.84. The largest absolute Gasteiger partial charge is 0.479 e. The van der Waals surface area contributed by atoms with Crippen LogP contribution in [0.25, 0.3) is 17.5 Å². The molecule has 156 valence electrons. The van der Waals surface area contributed by atoms with Crippen LogP contribution in [0.1, 0.15) is 22.4 Å². The van der Waals surface area contributed by atoms with Crippen LogP contribution in [0.2, 0.25) is 0 Å². The molecule has 2 heterocycles. The number of nitrogens with zero attached hydrogens (tertiary/aromatic N) is 4. The molecule has 5 rings (SSSR count). The Kier molecular flexibility index (Phi) is 4.82. The van der Waals surface area contributed by atoms with Crippen LogP contribution in [0.15, 0.2) is 60.7 Å². The van der Waals surface area contributed by atoms with E-state index in [1.165, 1.54) is 16.8 Å². The molecule has 1 unspecified atom stereocenters. The van der Waals surface area contributed by atoms with Crippen LogP contribution in [-0.2, 0) is 11.8 Å². The second-order valence-corrected chi connectivity index (χ2v) is 8.40. The number of ether oxygens (including phenoxy) is 1. The second-order valence-electron chi connectivity index (χ2n) is 7.88. The van der Waals surface area contributed by atoms with Gasteiger partial charge in [-0.1, -0.05) is 54.6 Å². The van der Waals surface area contributed by atoms with E-state index in [-0.39, 0.29) is 5.41 Å². The van der Waals surface area contributed by atoms with Crippen LogP contribution in [-0.4, -0.2) is 40.1 Å². The summed E-state index contributed by atoms with van der Waals surface area (Å²) in [4.78, 5) is 2.12. The molecule has 0 radical (unpaired) electrons. The van der Waals surface area contributed by atoms with Gasteiger partial charge in [-0.2, -0.15) is 9.47 Å². The highest BCUT2D eigenvalue weighted by Crippen LogP contribution is 2.43. The van der Waals surface area contributed by atoms with E-state index in [1.54, 1.807) is 7.11 Å². The summed E-state index contributed by atoms with van der Waals surface area (Å²) in [6.45, 7) is 0. The monoisotopic (exact) mass is 429 g/mol. The fourth-order valence-corrected chi connectivity index (χ4v) is 4.78. The third-order valence-electron chi connectivity index (χ3n) is 5.94. The Hall–Kier alpha value is -3.45. The number of rotatable bonds is 5. The number of methoxy groups -OCH3 is 1. The molecule has 7 heteroatoms. The Labute approximate surface area is 185 Å². The van der Waals surface area contributed by atoms with Crippen molar-refractivity contribution in [2.24, 2.45) is 0 Å². The van der Waals surface area contributed by atoms with Crippen LogP contribution in [0.5, 0.6) is 5.88 Å². The molecule has 2 aromatic carbocycles. The van der Waals surface area contributed by atoms with Gasteiger partial charge in [0.05, 0.1) is 18.8 Å². The summed E-state index contributed by atoms with van der Waals surface area (Å²) in [5.41, 5.74) is 6.97. The zero-order valence-corrected chi connectivity index (χ0v) is 18.5. The second kappa shape index (κ2) is 7.67. The van der Waals surface area contributed by atoms with Gasteiger partial charge in [0.2, 0.25) is 0 Å². The molecule has 6 nitrogen and oxygen atoms in total.